The van der Waals surface area contributed by atoms with Crippen LogP contribution in [0.4, 0.5) is 14.5 Å². The van der Waals surface area contributed by atoms with E-state index in [2.05, 4.69) is 63.5 Å². The number of nitriles is 1. The normalized spacial score (nSPS) is 14.2. The Balaban J connectivity index is 0.00000265. The zero-order chi connectivity index (χ0) is 35.6. The molecular weight excluding hydrogens is 655 g/mol. The summed E-state index contributed by atoms with van der Waals surface area (Å²) >= 11 is 9.27. The molecule has 7 nitrogen and oxygen atoms in total. The zero-order valence-corrected chi connectivity index (χ0v) is 31.2. The average Bonchev–Trinajstić information content (AvgIpc) is 3.09. The highest BCUT2D eigenvalue weighted by Gasteiger charge is 2.28. The molecule has 256 valence electrons. The lowest BCUT2D eigenvalue weighted by Gasteiger charge is -2.32. The number of benzene rings is 1. The molecule has 0 bridgehead atoms. The number of ether oxygens (including phenoxy) is 1. The minimum Gasteiger partial charge on any atom is -0.480 e. The van der Waals surface area contributed by atoms with Crippen LogP contribution in [0.25, 0.3) is 0 Å². The summed E-state index contributed by atoms with van der Waals surface area (Å²) in [6.07, 6.45) is 14.7. The highest BCUT2D eigenvalue weighted by atomic mass is 33.5. The molecule has 0 radical (unpaired) electrons. The van der Waals surface area contributed by atoms with E-state index >= 15 is 8.78 Å². The number of rotatable bonds is 13. The summed E-state index contributed by atoms with van der Waals surface area (Å²) in [5, 5.41) is 15.4. The van der Waals surface area contributed by atoms with Crippen LogP contribution in [0.5, 0.6) is 5.88 Å². The number of hydrazone groups is 1. The van der Waals surface area contributed by atoms with Crippen LogP contribution in [0.1, 0.15) is 91.7 Å². The number of allylic oxidation sites excluding steroid dienone is 4. The average molecular weight is 703 g/mol. The third-order valence-corrected chi connectivity index (χ3v) is 9.57. The maximum atomic E-state index is 16.0. The van der Waals surface area contributed by atoms with Crippen molar-refractivity contribution in [1.29, 1.82) is 5.26 Å². The van der Waals surface area contributed by atoms with E-state index in [-0.39, 0.29) is 28.4 Å². The predicted molar refractivity (Wildman–Crippen MR) is 203 cm³/mol. The molecule has 3 rings (SSSR count). The number of unbranched alkanes of at least 4 members (excludes halogenated alkanes) is 2. The fourth-order valence-corrected chi connectivity index (χ4v) is 6.83. The van der Waals surface area contributed by atoms with Crippen molar-refractivity contribution >= 4 is 48.7 Å². The molecule has 47 heavy (non-hydrogen) atoms. The van der Waals surface area contributed by atoms with Gasteiger partial charge in [0.05, 0.1) is 40.2 Å². The number of hydrogen-bond donors (Lipinski definition) is 3. The molecule has 1 aliphatic rings. The van der Waals surface area contributed by atoms with Gasteiger partial charge in [-0.1, -0.05) is 90.4 Å². The van der Waals surface area contributed by atoms with Gasteiger partial charge in [-0.25, -0.2) is 18.8 Å². The summed E-state index contributed by atoms with van der Waals surface area (Å²) in [6.45, 7) is 18.0. The monoisotopic (exact) mass is 702 g/mol. The number of methoxy groups -OCH3 is 1. The lowest BCUT2D eigenvalue weighted by molar-refractivity contribution is 0.387. The van der Waals surface area contributed by atoms with Crippen molar-refractivity contribution in [3.8, 4) is 11.9 Å². The van der Waals surface area contributed by atoms with Gasteiger partial charge in [-0.3, -0.25) is 4.99 Å². The highest BCUT2D eigenvalue weighted by Crippen LogP contribution is 2.65. The van der Waals surface area contributed by atoms with E-state index in [0.717, 1.165) is 55.2 Å². The molecule has 0 saturated carbocycles. The zero-order valence-electron chi connectivity index (χ0n) is 28.6. The maximum absolute atomic E-state index is 16.0. The third-order valence-electron chi connectivity index (χ3n) is 6.44. The van der Waals surface area contributed by atoms with Crippen LogP contribution in [0.15, 0.2) is 87.9 Å². The fraction of sp³-hybridized carbons (Fsp3) is 0.371. The number of aliphatic imine (C=N–C) groups is 1. The molecule has 0 atom stereocenters. The van der Waals surface area contributed by atoms with Gasteiger partial charge < -0.3 is 9.46 Å². The molecule has 1 aromatic carbocycles. The van der Waals surface area contributed by atoms with Gasteiger partial charge >= 0.3 is 0 Å². The summed E-state index contributed by atoms with van der Waals surface area (Å²) in [6, 6.07) is 5.92. The van der Waals surface area contributed by atoms with Crippen LogP contribution < -0.4 is 9.46 Å². The van der Waals surface area contributed by atoms with Gasteiger partial charge in [-0.2, -0.15) is 10.4 Å². The standard InChI is InChI=1S/C31H36F2N6OS3.2C2H6/c1-6-9-11-17-35-21(4)23(12-10-7-2)27-16-15-25(37-39(27)8-3)29-24(32)13-14-26(30(29)33)38-43(41,42)28-18-22(19-34)20-36-31(28)40-5;2*1-2/h8,11,13-18,20,38,41-42H,3,6-7,9-10,12H2,1-2,4-5H3;2*1-2H3/b17-11-,27-23+,35-21+;;. The number of anilines is 1. The van der Waals surface area contributed by atoms with Gasteiger partial charge in [0, 0.05) is 24.3 Å². The largest absolute Gasteiger partial charge is 0.480 e. The van der Waals surface area contributed by atoms with E-state index in [1.54, 1.807) is 18.4 Å². The van der Waals surface area contributed by atoms with Gasteiger partial charge in [0.15, 0.2) is 5.82 Å². The smallest absolute Gasteiger partial charge is 0.228 e. The first-order chi connectivity index (χ1) is 22.6. The summed E-state index contributed by atoms with van der Waals surface area (Å²) in [5.74, 6) is -1.50. The molecule has 2 aromatic rings. The summed E-state index contributed by atoms with van der Waals surface area (Å²) in [5.41, 5.74) is 2.47. The molecule has 0 saturated heterocycles. The molecule has 1 N–H and O–H groups in total. The number of pyridine rings is 1. The Morgan fingerprint density at radius 2 is 1.87 bits per heavy atom. The van der Waals surface area contributed by atoms with Crippen molar-refractivity contribution in [3.05, 3.63) is 95.6 Å². The van der Waals surface area contributed by atoms with E-state index in [4.69, 9.17) is 4.74 Å². The molecule has 1 aliphatic heterocycles. The van der Waals surface area contributed by atoms with Gasteiger partial charge in [0.1, 0.15) is 11.9 Å². The molecule has 1 aromatic heterocycles. The van der Waals surface area contributed by atoms with Gasteiger partial charge in [-0.15, -0.1) is 0 Å². The third kappa shape index (κ3) is 11.3. The Hall–Kier alpha value is -3.53. The summed E-state index contributed by atoms with van der Waals surface area (Å²) in [7, 11) is -1.20. The van der Waals surface area contributed by atoms with E-state index in [1.807, 2.05) is 46.8 Å². The molecule has 0 amide bonds. The van der Waals surface area contributed by atoms with E-state index in [1.165, 1.54) is 36.6 Å². The van der Waals surface area contributed by atoms with Crippen LogP contribution >= 0.6 is 31.6 Å². The molecule has 12 heteroatoms. The van der Waals surface area contributed by atoms with Crippen molar-refractivity contribution in [2.75, 3.05) is 11.8 Å². The summed E-state index contributed by atoms with van der Waals surface area (Å²) in [4.78, 5) is 9.10. The van der Waals surface area contributed by atoms with Crippen molar-refractivity contribution in [2.24, 2.45) is 10.1 Å². The predicted octanol–water partition coefficient (Wildman–Crippen LogP) is 11.1. The van der Waals surface area contributed by atoms with Crippen LogP contribution in [-0.4, -0.2) is 28.5 Å². The molecule has 0 aliphatic carbocycles. The molecule has 0 unspecified atom stereocenters. The van der Waals surface area contributed by atoms with Crippen molar-refractivity contribution in [1.82, 2.24) is 9.99 Å². The second-order valence-electron chi connectivity index (χ2n) is 9.48. The quantitative estimate of drug-likeness (QED) is 0.110. The Labute approximate surface area is 291 Å². The summed E-state index contributed by atoms with van der Waals surface area (Å²) < 4.78 is 39.5. The molecule has 0 fully saturated rings. The lowest BCUT2D eigenvalue weighted by atomic mass is 9.99. The van der Waals surface area contributed by atoms with Crippen LogP contribution in [0, 0.1) is 23.0 Å². The Morgan fingerprint density at radius 1 is 1.17 bits per heavy atom. The highest BCUT2D eigenvalue weighted by molar-refractivity contribution is 9.18. The molecule has 0 spiro atoms. The second-order valence-corrected chi connectivity index (χ2v) is 15.4. The molecule has 2 heterocycles. The van der Waals surface area contributed by atoms with Crippen LogP contribution in [-0.2, 0) is 0 Å². The Bertz CT molecular complexity index is 1540. The van der Waals surface area contributed by atoms with Gasteiger partial charge in [-0.05, 0) is 70.4 Å². The van der Waals surface area contributed by atoms with Crippen molar-refractivity contribution in [2.45, 2.75) is 85.5 Å². The molecular formula is C35H48F2N6OS3. The minimum atomic E-state index is -2.61. The lowest BCUT2D eigenvalue weighted by Crippen LogP contribution is -2.21. The first-order valence-corrected chi connectivity index (χ1v) is 19.4. The van der Waals surface area contributed by atoms with Crippen molar-refractivity contribution < 1.29 is 13.5 Å². The first kappa shape index (κ1) is 41.5. The number of nitrogens with zero attached hydrogens (tertiary/aromatic N) is 5. The van der Waals surface area contributed by atoms with Gasteiger partial charge in [0.2, 0.25) is 5.88 Å². The first-order valence-electron chi connectivity index (χ1n) is 15.7. The number of thiol groups is 2. The van der Waals surface area contributed by atoms with Crippen molar-refractivity contribution in [3.63, 3.8) is 0 Å². The van der Waals surface area contributed by atoms with Gasteiger partial charge in [0.25, 0.3) is 0 Å². The number of hydrogen-bond acceptors (Lipinski definition) is 9. The number of halogens is 2. The Kier molecular flexibility index (Phi) is 18.9. The second kappa shape index (κ2) is 21.4. The topological polar surface area (TPSA) is 85.9 Å². The maximum Gasteiger partial charge on any atom is 0.228 e. The fourth-order valence-electron chi connectivity index (χ4n) is 4.21. The van der Waals surface area contributed by atoms with Crippen LogP contribution in [0.3, 0.4) is 0 Å². The number of nitrogens with one attached hydrogen (secondary N) is 1. The minimum absolute atomic E-state index is 0.0612. The van der Waals surface area contributed by atoms with E-state index in [9.17, 15) is 5.26 Å². The van der Waals surface area contributed by atoms with Crippen LogP contribution in [0.2, 0.25) is 0 Å². The van der Waals surface area contributed by atoms with E-state index < -0.39 is 19.9 Å². The van der Waals surface area contributed by atoms with E-state index in [0.29, 0.717) is 4.90 Å². The Morgan fingerprint density at radius 3 is 2.47 bits per heavy atom. The SMILES string of the molecule is C=CN1N=C(c2c(F)ccc(NS(S)(S)c3cc(C#N)cnc3OC)c2F)C=C\C1=C(CCCC)/C(C)=N/C=C\CCC.CC.CC. The number of aromatic nitrogens is 1.